The maximum Gasteiger partial charge on any atom is 0.229 e. The Balaban J connectivity index is 1.41. The van der Waals surface area contributed by atoms with E-state index >= 15 is 0 Å². The predicted molar refractivity (Wildman–Crippen MR) is 119 cm³/mol. The van der Waals surface area contributed by atoms with Crippen LogP contribution < -0.4 is 15.0 Å². The largest absolute Gasteiger partial charge is 0.497 e. The summed E-state index contributed by atoms with van der Waals surface area (Å²) in [5.41, 5.74) is 4.06. The van der Waals surface area contributed by atoms with Gasteiger partial charge in [0.05, 0.1) is 13.0 Å². The first kappa shape index (κ1) is 19.9. The van der Waals surface area contributed by atoms with Gasteiger partial charge >= 0.3 is 0 Å². The van der Waals surface area contributed by atoms with Gasteiger partial charge in [-0.25, -0.2) is 9.97 Å². The number of amides is 1. The van der Waals surface area contributed by atoms with Gasteiger partial charge in [0.2, 0.25) is 11.9 Å². The van der Waals surface area contributed by atoms with Crippen molar-refractivity contribution in [1.82, 2.24) is 9.97 Å². The molecule has 1 saturated heterocycles. The molecule has 3 aromatic rings. The van der Waals surface area contributed by atoms with Crippen LogP contribution in [-0.4, -0.2) is 36.1 Å². The molecule has 1 unspecified atom stereocenters. The summed E-state index contributed by atoms with van der Waals surface area (Å²) in [6.07, 6.45) is 5.49. The molecule has 0 saturated carbocycles. The van der Waals surface area contributed by atoms with Crippen LogP contribution in [0, 0.1) is 12.8 Å². The van der Waals surface area contributed by atoms with Crippen LogP contribution in [0.5, 0.6) is 5.75 Å². The van der Waals surface area contributed by atoms with E-state index in [1.54, 1.807) is 7.11 Å². The van der Waals surface area contributed by atoms with Crippen molar-refractivity contribution in [1.29, 1.82) is 0 Å². The molecule has 0 radical (unpaired) electrons. The van der Waals surface area contributed by atoms with Gasteiger partial charge in [0.1, 0.15) is 5.75 Å². The van der Waals surface area contributed by atoms with Crippen LogP contribution in [-0.2, 0) is 4.79 Å². The van der Waals surface area contributed by atoms with Crippen LogP contribution in [0.15, 0.2) is 60.9 Å². The van der Waals surface area contributed by atoms with Crippen molar-refractivity contribution in [3.05, 3.63) is 66.5 Å². The van der Waals surface area contributed by atoms with E-state index in [9.17, 15) is 4.79 Å². The first-order valence-electron chi connectivity index (χ1n) is 10.2. The Labute approximate surface area is 176 Å². The van der Waals surface area contributed by atoms with Crippen molar-refractivity contribution >= 4 is 17.5 Å². The first-order valence-corrected chi connectivity index (χ1v) is 10.2. The van der Waals surface area contributed by atoms with Gasteiger partial charge in [-0.1, -0.05) is 35.9 Å². The zero-order valence-electron chi connectivity index (χ0n) is 17.3. The third-order valence-corrected chi connectivity index (χ3v) is 5.44. The van der Waals surface area contributed by atoms with E-state index in [1.165, 1.54) is 5.56 Å². The number of aromatic nitrogens is 2. The Morgan fingerprint density at radius 1 is 1.10 bits per heavy atom. The van der Waals surface area contributed by atoms with Gasteiger partial charge < -0.3 is 15.0 Å². The normalized spacial score (nSPS) is 16.2. The van der Waals surface area contributed by atoms with Gasteiger partial charge in [0.25, 0.3) is 0 Å². The van der Waals surface area contributed by atoms with Gasteiger partial charge in [-0.2, -0.15) is 0 Å². The minimum Gasteiger partial charge on any atom is -0.497 e. The molecule has 4 rings (SSSR count). The Morgan fingerprint density at radius 3 is 2.60 bits per heavy atom. The van der Waals surface area contributed by atoms with E-state index < -0.39 is 0 Å². The Morgan fingerprint density at radius 2 is 1.87 bits per heavy atom. The summed E-state index contributed by atoms with van der Waals surface area (Å²) in [5, 5.41) is 3.01. The lowest BCUT2D eigenvalue weighted by Gasteiger charge is -2.32. The zero-order chi connectivity index (χ0) is 20.9. The highest BCUT2D eigenvalue weighted by Gasteiger charge is 2.27. The molecule has 1 amide bonds. The van der Waals surface area contributed by atoms with E-state index in [4.69, 9.17) is 4.74 Å². The zero-order valence-corrected chi connectivity index (χ0v) is 17.3. The molecule has 1 N–H and O–H groups in total. The number of ether oxygens (including phenoxy) is 1. The maximum absolute atomic E-state index is 12.8. The highest BCUT2D eigenvalue weighted by molar-refractivity contribution is 5.93. The summed E-state index contributed by atoms with van der Waals surface area (Å²) in [4.78, 5) is 24.0. The first-order chi connectivity index (χ1) is 14.6. The molecule has 2 aromatic carbocycles. The fourth-order valence-electron chi connectivity index (χ4n) is 3.70. The molecular weight excluding hydrogens is 376 g/mol. The van der Waals surface area contributed by atoms with E-state index in [2.05, 4.69) is 51.4 Å². The average Bonchev–Trinajstić information content (AvgIpc) is 2.80. The maximum atomic E-state index is 12.8. The lowest BCUT2D eigenvalue weighted by Crippen LogP contribution is -2.41. The van der Waals surface area contributed by atoms with Crippen molar-refractivity contribution in [3.8, 4) is 16.9 Å². The second-order valence-corrected chi connectivity index (χ2v) is 7.64. The summed E-state index contributed by atoms with van der Waals surface area (Å²) >= 11 is 0. The Bertz CT molecular complexity index is 1000. The van der Waals surface area contributed by atoms with Crippen LogP contribution in [0.4, 0.5) is 11.6 Å². The molecule has 6 nitrogen and oxygen atoms in total. The predicted octanol–water partition coefficient (Wildman–Crippen LogP) is 4.32. The minimum atomic E-state index is -0.106. The number of methoxy groups -OCH3 is 1. The van der Waals surface area contributed by atoms with Crippen LogP contribution in [0.3, 0.4) is 0 Å². The molecule has 0 bridgehead atoms. The Hall–Kier alpha value is -3.41. The second kappa shape index (κ2) is 8.95. The number of carbonyl (C=O) groups excluding carboxylic acids is 1. The van der Waals surface area contributed by atoms with E-state index in [0.29, 0.717) is 12.5 Å². The summed E-state index contributed by atoms with van der Waals surface area (Å²) < 4.78 is 5.23. The molecule has 0 aliphatic carbocycles. The van der Waals surface area contributed by atoms with Gasteiger partial charge in [-0.05, 0) is 37.5 Å². The van der Waals surface area contributed by atoms with Crippen molar-refractivity contribution in [3.63, 3.8) is 0 Å². The molecule has 1 aromatic heterocycles. The third kappa shape index (κ3) is 4.59. The standard InChI is InChI=1S/C24H26N4O2/c1-17-8-10-18(11-9-17)20-14-25-24(26-15-20)28-12-4-5-19(16-28)23(29)27-21-6-3-7-22(13-21)30-2/h3,6-11,13-15,19H,4-5,12,16H2,1-2H3,(H,27,29). The molecule has 1 fully saturated rings. The third-order valence-electron chi connectivity index (χ3n) is 5.44. The van der Waals surface area contributed by atoms with Gasteiger partial charge in [0.15, 0.2) is 0 Å². The van der Waals surface area contributed by atoms with Gasteiger partial charge in [0, 0.05) is 42.8 Å². The molecule has 1 atom stereocenters. The number of rotatable bonds is 5. The number of carbonyl (C=O) groups is 1. The van der Waals surface area contributed by atoms with Gasteiger partial charge in [-0.15, -0.1) is 0 Å². The number of nitrogens with one attached hydrogen (secondary N) is 1. The SMILES string of the molecule is COc1cccc(NC(=O)C2CCCN(c3ncc(-c4ccc(C)cc4)cn3)C2)c1. The van der Waals surface area contributed by atoms with Crippen molar-refractivity contribution in [2.45, 2.75) is 19.8 Å². The highest BCUT2D eigenvalue weighted by atomic mass is 16.5. The number of nitrogens with zero attached hydrogens (tertiary/aromatic N) is 3. The molecule has 1 aliphatic heterocycles. The number of aryl methyl sites for hydroxylation is 1. The fourth-order valence-corrected chi connectivity index (χ4v) is 3.70. The number of piperidine rings is 1. The van der Waals surface area contributed by atoms with E-state index in [1.807, 2.05) is 36.7 Å². The minimum absolute atomic E-state index is 0.0178. The average molecular weight is 402 g/mol. The molecule has 1 aliphatic rings. The molecule has 6 heteroatoms. The van der Waals surface area contributed by atoms with Crippen LogP contribution in [0.1, 0.15) is 18.4 Å². The van der Waals surface area contributed by atoms with Crippen molar-refractivity contribution in [2.24, 2.45) is 5.92 Å². The number of hydrogen-bond acceptors (Lipinski definition) is 5. The molecule has 30 heavy (non-hydrogen) atoms. The number of anilines is 2. The summed E-state index contributed by atoms with van der Waals surface area (Å²) in [6, 6.07) is 15.7. The molecule has 154 valence electrons. The highest BCUT2D eigenvalue weighted by Crippen LogP contribution is 2.24. The Kier molecular flexibility index (Phi) is 5.93. The lowest BCUT2D eigenvalue weighted by molar-refractivity contribution is -0.120. The van der Waals surface area contributed by atoms with Crippen LogP contribution >= 0.6 is 0 Å². The number of benzene rings is 2. The van der Waals surface area contributed by atoms with E-state index in [-0.39, 0.29) is 11.8 Å². The molecule has 0 spiro atoms. The molecule has 2 heterocycles. The van der Waals surface area contributed by atoms with Crippen LogP contribution in [0.25, 0.3) is 11.1 Å². The van der Waals surface area contributed by atoms with Gasteiger partial charge in [-0.3, -0.25) is 4.79 Å². The quantitative estimate of drug-likeness (QED) is 0.689. The fraction of sp³-hybridized carbons (Fsp3) is 0.292. The van der Waals surface area contributed by atoms with E-state index in [0.717, 1.165) is 42.0 Å². The second-order valence-electron chi connectivity index (χ2n) is 7.64. The monoisotopic (exact) mass is 402 g/mol. The summed E-state index contributed by atoms with van der Waals surface area (Å²) in [5.74, 6) is 1.31. The summed E-state index contributed by atoms with van der Waals surface area (Å²) in [6.45, 7) is 3.53. The molecular formula is C24H26N4O2. The van der Waals surface area contributed by atoms with Crippen molar-refractivity contribution in [2.75, 3.05) is 30.4 Å². The lowest BCUT2D eigenvalue weighted by atomic mass is 9.97. The smallest absolute Gasteiger partial charge is 0.229 e. The van der Waals surface area contributed by atoms with Crippen molar-refractivity contribution < 1.29 is 9.53 Å². The van der Waals surface area contributed by atoms with Crippen LogP contribution in [0.2, 0.25) is 0 Å². The number of hydrogen-bond donors (Lipinski definition) is 1. The summed E-state index contributed by atoms with van der Waals surface area (Å²) in [7, 11) is 1.62. The topological polar surface area (TPSA) is 67.3 Å².